The fourth-order valence-corrected chi connectivity index (χ4v) is 2.99. The number of carbonyl (C=O) groups is 1. The topological polar surface area (TPSA) is 69.7 Å². The highest BCUT2D eigenvalue weighted by Gasteiger charge is 2.25. The number of nitrogens with one attached hydrogen (secondary N) is 1. The SMILES string of the molecule is COc1ccc(C(C(=O)Nc2ccc3c(c2)OCO3)c2ccccn2)cc1. The zero-order valence-corrected chi connectivity index (χ0v) is 14.7. The largest absolute Gasteiger partial charge is 0.497 e. The summed E-state index contributed by atoms with van der Waals surface area (Å²) in [5.74, 6) is 1.28. The van der Waals surface area contributed by atoms with E-state index in [1.165, 1.54) is 0 Å². The molecular formula is C21H18N2O4. The fourth-order valence-electron chi connectivity index (χ4n) is 2.99. The van der Waals surface area contributed by atoms with E-state index >= 15 is 0 Å². The Morgan fingerprint density at radius 1 is 1.07 bits per heavy atom. The molecule has 4 rings (SSSR count). The first-order chi connectivity index (χ1) is 13.2. The summed E-state index contributed by atoms with van der Waals surface area (Å²) in [6.45, 7) is 0.190. The number of nitrogens with zero attached hydrogens (tertiary/aromatic N) is 1. The number of hydrogen-bond donors (Lipinski definition) is 1. The summed E-state index contributed by atoms with van der Waals surface area (Å²) in [6.07, 6.45) is 1.68. The molecule has 2 aromatic carbocycles. The van der Waals surface area contributed by atoms with Crippen LogP contribution in [0.3, 0.4) is 0 Å². The van der Waals surface area contributed by atoms with Gasteiger partial charge in [0.1, 0.15) is 11.7 Å². The average molecular weight is 362 g/mol. The first-order valence-corrected chi connectivity index (χ1v) is 8.50. The van der Waals surface area contributed by atoms with Gasteiger partial charge in [-0.25, -0.2) is 0 Å². The van der Waals surface area contributed by atoms with E-state index in [1.807, 2.05) is 42.5 Å². The Morgan fingerprint density at radius 3 is 2.63 bits per heavy atom. The number of amides is 1. The molecular weight excluding hydrogens is 344 g/mol. The van der Waals surface area contributed by atoms with Crippen LogP contribution in [0, 0.1) is 0 Å². The van der Waals surface area contributed by atoms with E-state index < -0.39 is 5.92 Å². The first-order valence-electron chi connectivity index (χ1n) is 8.50. The fraction of sp³-hybridized carbons (Fsp3) is 0.143. The number of methoxy groups -OCH3 is 1. The number of benzene rings is 2. The van der Waals surface area contributed by atoms with Crippen LogP contribution in [0.4, 0.5) is 5.69 Å². The van der Waals surface area contributed by atoms with Crippen LogP contribution in [0.1, 0.15) is 17.2 Å². The van der Waals surface area contributed by atoms with Crippen molar-refractivity contribution in [3.05, 3.63) is 78.1 Å². The summed E-state index contributed by atoms with van der Waals surface area (Å²) in [5.41, 5.74) is 2.13. The van der Waals surface area contributed by atoms with E-state index in [-0.39, 0.29) is 12.7 Å². The minimum atomic E-state index is -0.553. The number of carbonyl (C=O) groups excluding carboxylic acids is 1. The van der Waals surface area contributed by atoms with Gasteiger partial charge in [0.15, 0.2) is 11.5 Å². The molecule has 1 atom stereocenters. The Hall–Kier alpha value is -3.54. The predicted molar refractivity (Wildman–Crippen MR) is 100 cm³/mol. The Balaban J connectivity index is 1.64. The van der Waals surface area contributed by atoms with Crippen LogP contribution in [0.15, 0.2) is 66.9 Å². The molecule has 136 valence electrons. The van der Waals surface area contributed by atoms with Gasteiger partial charge in [-0.2, -0.15) is 0 Å². The Kier molecular flexibility index (Phi) is 4.61. The third kappa shape index (κ3) is 3.55. The zero-order valence-electron chi connectivity index (χ0n) is 14.7. The third-order valence-electron chi connectivity index (χ3n) is 4.33. The van der Waals surface area contributed by atoms with Crippen molar-refractivity contribution < 1.29 is 19.0 Å². The lowest BCUT2D eigenvalue weighted by Gasteiger charge is -2.17. The molecule has 1 N–H and O–H groups in total. The number of ether oxygens (including phenoxy) is 3. The maximum atomic E-state index is 13.1. The lowest BCUT2D eigenvalue weighted by Crippen LogP contribution is -2.23. The maximum absolute atomic E-state index is 13.1. The van der Waals surface area contributed by atoms with E-state index in [2.05, 4.69) is 10.3 Å². The van der Waals surface area contributed by atoms with Crippen molar-refractivity contribution in [3.63, 3.8) is 0 Å². The molecule has 27 heavy (non-hydrogen) atoms. The van der Waals surface area contributed by atoms with Crippen LogP contribution in [0.2, 0.25) is 0 Å². The smallest absolute Gasteiger partial charge is 0.237 e. The van der Waals surface area contributed by atoms with E-state index in [0.29, 0.717) is 22.9 Å². The Morgan fingerprint density at radius 2 is 1.89 bits per heavy atom. The van der Waals surface area contributed by atoms with Crippen molar-refractivity contribution in [1.29, 1.82) is 0 Å². The van der Waals surface area contributed by atoms with Gasteiger partial charge in [0.25, 0.3) is 0 Å². The van der Waals surface area contributed by atoms with Crippen LogP contribution in [0.25, 0.3) is 0 Å². The van der Waals surface area contributed by atoms with Gasteiger partial charge in [0.2, 0.25) is 12.7 Å². The number of pyridine rings is 1. The van der Waals surface area contributed by atoms with Gasteiger partial charge < -0.3 is 19.5 Å². The van der Waals surface area contributed by atoms with Gasteiger partial charge in [-0.05, 0) is 42.0 Å². The number of anilines is 1. The van der Waals surface area contributed by atoms with E-state index in [4.69, 9.17) is 14.2 Å². The molecule has 0 saturated carbocycles. The van der Waals surface area contributed by atoms with Crippen molar-refractivity contribution in [3.8, 4) is 17.2 Å². The molecule has 0 radical (unpaired) electrons. The van der Waals surface area contributed by atoms with Gasteiger partial charge in [0.05, 0.1) is 12.8 Å². The monoisotopic (exact) mass is 362 g/mol. The van der Waals surface area contributed by atoms with E-state index in [9.17, 15) is 4.79 Å². The highest BCUT2D eigenvalue weighted by Crippen LogP contribution is 2.35. The molecule has 1 aliphatic rings. The van der Waals surface area contributed by atoms with Crippen molar-refractivity contribution in [1.82, 2.24) is 4.98 Å². The third-order valence-corrected chi connectivity index (χ3v) is 4.33. The molecule has 1 amide bonds. The average Bonchev–Trinajstić information content (AvgIpc) is 3.17. The predicted octanol–water partition coefficient (Wildman–Crippen LogP) is 3.59. The first kappa shape index (κ1) is 16.9. The number of hydrogen-bond acceptors (Lipinski definition) is 5. The van der Waals surface area contributed by atoms with Crippen LogP contribution in [-0.4, -0.2) is 24.8 Å². The van der Waals surface area contributed by atoms with E-state index in [0.717, 1.165) is 11.3 Å². The van der Waals surface area contributed by atoms with Crippen molar-refractivity contribution in [2.24, 2.45) is 0 Å². The van der Waals surface area contributed by atoms with Crippen molar-refractivity contribution in [2.75, 3.05) is 19.2 Å². The van der Waals surface area contributed by atoms with Crippen LogP contribution >= 0.6 is 0 Å². The van der Waals surface area contributed by atoms with Crippen LogP contribution in [0.5, 0.6) is 17.2 Å². The molecule has 2 heterocycles. The molecule has 0 spiro atoms. The number of rotatable bonds is 5. The Labute approximate surface area is 156 Å². The molecule has 6 nitrogen and oxygen atoms in total. The second-order valence-electron chi connectivity index (χ2n) is 6.02. The minimum absolute atomic E-state index is 0.183. The second-order valence-corrected chi connectivity index (χ2v) is 6.02. The summed E-state index contributed by atoms with van der Waals surface area (Å²) in [4.78, 5) is 17.5. The van der Waals surface area contributed by atoms with Gasteiger partial charge in [-0.1, -0.05) is 18.2 Å². The summed E-state index contributed by atoms with van der Waals surface area (Å²) in [6, 6.07) is 18.3. The lowest BCUT2D eigenvalue weighted by atomic mass is 9.94. The summed E-state index contributed by atoms with van der Waals surface area (Å²) < 4.78 is 15.9. The molecule has 0 bridgehead atoms. The molecule has 6 heteroatoms. The highest BCUT2D eigenvalue weighted by atomic mass is 16.7. The maximum Gasteiger partial charge on any atom is 0.237 e. The summed E-state index contributed by atoms with van der Waals surface area (Å²) in [7, 11) is 1.61. The van der Waals surface area contributed by atoms with E-state index in [1.54, 1.807) is 31.5 Å². The van der Waals surface area contributed by atoms with Gasteiger partial charge in [-0.15, -0.1) is 0 Å². The van der Waals surface area contributed by atoms with Gasteiger partial charge in [0, 0.05) is 18.0 Å². The van der Waals surface area contributed by atoms with Crippen molar-refractivity contribution >= 4 is 11.6 Å². The normalized spacial score (nSPS) is 13.1. The minimum Gasteiger partial charge on any atom is -0.497 e. The molecule has 1 aliphatic heterocycles. The molecule has 0 aliphatic carbocycles. The van der Waals surface area contributed by atoms with Crippen LogP contribution < -0.4 is 19.5 Å². The zero-order chi connectivity index (χ0) is 18.6. The lowest BCUT2D eigenvalue weighted by molar-refractivity contribution is -0.116. The standard InChI is InChI=1S/C21H18N2O4/c1-25-16-8-5-14(6-9-16)20(17-4-2-3-11-22-17)21(24)23-15-7-10-18-19(12-15)27-13-26-18/h2-12,20H,13H2,1H3,(H,23,24). The summed E-state index contributed by atoms with van der Waals surface area (Å²) >= 11 is 0. The number of fused-ring (bicyclic) bond motifs is 1. The summed E-state index contributed by atoms with van der Waals surface area (Å²) in [5, 5.41) is 2.95. The van der Waals surface area contributed by atoms with Gasteiger partial charge >= 0.3 is 0 Å². The Bertz CT molecular complexity index is 942. The molecule has 3 aromatic rings. The molecule has 0 fully saturated rings. The molecule has 0 saturated heterocycles. The number of aromatic nitrogens is 1. The molecule has 1 unspecified atom stereocenters. The highest BCUT2D eigenvalue weighted by molar-refractivity contribution is 5.98. The quantitative estimate of drug-likeness (QED) is 0.751. The van der Waals surface area contributed by atoms with Crippen molar-refractivity contribution in [2.45, 2.75) is 5.92 Å². The van der Waals surface area contributed by atoms with Gasteiger partial charge in [-0.3, -0.25) is 9.78 Å². The molecule has 1 aromatic heterocycles. The van der Waals surface area contributed by atoms with Crippen LogP contribution in [-0.2, 0) is 4.79 Å². The second kappa shape index (κ2) is 7.37.